The van der Waals surface area contributed by atoms with Gasteiger partial charge < -0.3 is 14.4 Å². The summed E-state index contributed by atoms with van der Waals surface area (Å²) in [7, 11) is 2.93. The van der Waals surface area contributed by atoms with Crippen LogP contribution < -0.4 is 9.64 Å². The van der Waals surface area contributed by atoms with Gasteiger partial charge in [0.1, 0.15) is 6.10 Å². The maximum Gasteiger partial charge on any atom is 0.339 e. The van der Waals surface area contributed by atoms with Gasteiger partial charge in [-0.05, 0) is 30.4 Å². The lowest BCUT2D eigenvalue weighted by Crippen LogP contribution is -2.28. The number of para-hydroxylation sites is 1. The third-order valence-corrected chi connectivity index (χ3v) is 5.27. The van der Waals surface area contributed by atoms with Gasteiger partial charge in [0.2, 0.25) is 5.88 Å². The van der Waals surface area contributed by atoms with Crippen molar-refractivity contribution in [3.05, 3.63) is 53.7 Å². The Balaban J connectivity index is 1.75. The van der Waals surface area contributed by atoms with Gasteiger partial charge in [-0.1, -0.05) is 12.1 Å². The highest BCUT2D eigenvalue weighted by molar-refractivity contribution is 7.99. The van der Waals surface area contributed by atoms with Gasteiger partial charge in [-0.3, -0.25) is 4.79 Å². The zero-order valence-electron chi connectivity index (χ0n) is 14.7. The largest absolute Gasteiger partial charge is 0.473 e. The predicted molar refractivity (Wildman–Crippen MR) is 101 cm³/mol. The fraction of sp³-hybridized carbons (Fsp3) is 0.316. The van der Waals surface area contributed by atoms with Gasteiger partial charge in [-0.15, -0.1) is 0 Å². The Bertz CT molecular complexity index is 788. The van der Waals surface area contributed by atoms with Crippen LogP contribution in [0.15, 0.2) is 42.6 Å². The van der Waals surface area contributed by atoms with Gasteiger partial charge in [0.25, 0.3) is 5.91 Å². The molecule has 1 aromatic heterocycles. The van der Waals surface area contributed by atoms with Crippen molar-refractivity contribution in [3.8, 4) is 5.88 Å². The monoisotopic (exact) mass is 372 g/mol. The summed E-state index contributed by atoms with van der Waals surface area (Å²) >= 11 is 1.87. The summed E-state index contributed by atoms with van der Waals surface area (Å²) in [4.78, 5) is 30.3. The maximum atomic E-state index is 12.8. The van der Waals surface area contributed by atoms with Gasteiger partial charge in [0, 0.05) is 25.1 Å². The minimum atomic E-state index is -0.489. The van der Waals surface area contributed by atoms with Crippen molar-refractivity contribution in [2.45, 2.75) is 12.5 Å². The third kappa shape index (κ3) is 3.99. The van der Waals surface area contributed by atoms with Crippen LogP contribution in [0.5, 0.6) is 5.88 Å². The number of pyridine rings is 1. The molecule has 7 heteroatoms. The van der Waals surface area contributed by atoms with Crippen LogP contribution in [0.4, 0.5) is 5.69 Å². The number of benzene rings is 1. The summed E-state index contributed by atoms with van der Waals surface area (Å²) in [5, 5.41) is 0. The van der Waals surface area contributed by atoms with Crippen molar-refractivity contribution in [3.63, 3.8) is 0 Å². The number of thioether (sulfide) groups is 1. The summed E-state index contributed by atoms with van der Waals surface area (Å²) in [6.07, 6.45) is 2.69. The molecule has 1 aromatic carbocycles. The molecule has 1 atom stereocenters. The number of esters is 1. The van der Waals surface area contributed by atoms with E-state index in [0.29, 0.717) is 22.7 Å². The average molecular weight is 372 g/mol. The molecule has 136 valence electrons. The number of amides is 1. The zero-order valence-corrected chi connectivity index (χ0v) is 15.5. The fourth-order valence-corrected chi connectivity index (χ4v) is 3.80. The fourth-order valence-electron chi connectivity index (χ4n) is 2.70. The number of methoxy groups -OCH3 is 1. The number of aromatic nitrogens is 1. The van der Waals surface area contributed by atoms with Crippen molar-refractivity contribution in [2.24, 2.45) is 0 Å². The quantitative estimate of drug-likeness (QED) is 0.752. The highest BCUT2D eigenvalue weighted by Crippen LogP contribution is 2.24. The standard InChI is InChI=1S/C19H20N2O4S/c1-21(16-6-4-3-5-15(16)19(23)24-2)18(22)13-7-8-17(20-11-13)25-14-9-10-26-12-14/h3-8,11,14H,9-10,12H2,1-2H3. The van der Waals surface area contributed by atoms with Crippen molar-refractivity contribution < 1.29 is 19.1 Å². The highest BCUT2D eigenvalue weighted by Gasteiger charge is 2.21. The lowest BCUT2D eigenvalue weighted by molar-refractivity contribution is 0.0601. The normalized spacial score (nSPS) is 16.2. The van der Waals surface area contributed by atoms with Crippen molar-refractivity contribution >= 4 is 29.3 Å². The van der Waals surface area contributed by atoms with E-state index in [4.69, 9.17) is 9.47 Å². The molecule has 0 spiro atoms. The number of hydrogen-bond acceptors (Lipinski definition) is 6. The number of anilines is 1. The van der Waals surface area contributed by atoms with Gasteiger partial charge in [0.05, 0.1) is 23.9 Å². The molecule has 1 aliphatic rings. The average Bonchev–Trinajstić information content (AvgIpc) is 3.20. The molecule has 2 aromatic rings. The zero-order chi connectivity index (χ0) is 18.5. The molecule has 1 aliphatic heterocycles. The first kappa shape index (κ1) is 18.3. The van der Waals surface area contributed by atoms with E-state index in [1.807, 2.05) is 11.8 Å². The van der Waals surface area contributed by atoms with Crippen LogP contribution in [0.2, 0.25) is 0 Å². The molecule has 1 unspecified atom stereocenters. The van der Waals surface area contributed by atoms with Crippen molar-refractivity contribution in [2.75, 3.05) is 30.6 Å². The molecule has 1 saturated heterocycles. The van der Waals surface area contributed by atoms with E-state index in [-0.39, 0.29) is 12.0 Å². The summed E-state index contributed by atoms with van der Waals surface area (Å²) in [5.41, 5.74) is 1.23. The van der Waals surface area contributed by atoms with Crippen molar-refractivity contribution in [1.82, 2.24) is 4.98 Å². The molecular weight excluding hydrogens is 352 g/mol. The summed E-state index contributed by atoms with van der Waals surface area (Å²) < 4.78 is 10.6. The minimum Gasteiger partial charge on any atom is -0.473 e. The molecule has 1 amide bonds. The van der Waals surface area contributed by atoms with Gasteiger partial charge >= 0.3 is 5.97 Å². The van der Waals surface area contributed by atoms with E-state index in [2.05, 4.69) is 4.98 Å². The molecule has 0 bridgehead atoms. The Morgan fingerprint density at radius 3 is 2.69 bits per heavy atom. The Labute approximate surface area is 156 Å². The second-order valence-corrected chi connectivity index (χ2v) is 7.01. The number of hydrogen-bond donors (Lipinski definition) is 0. The van der Waals surface area contributed by atoms with Gasteiger partial charge in [-0.25, -0.2) is 9.78 Å². The Morgan fingerprint density at radius 1 is 1.23 bits per heavy atom. The van der Waals surface area contributed by atoms with E-state index in [1.165, 1.54) is 18.2 Å². The van der Waals surface area contributed by atoms with Gasteiger partial charge in [-0.2, -0.15) is 11.8 Å². The molecular formula is C19H20N2O4S. The summed E-state index contributed by atoms with van der Waals surface area (Å²) in [5.74, 6) is 1.83. The highest BCUT2D eigenvalue weighted by atomic mass is 32.2. The number of nitrogens with zero attached hydrogens (tertiary/aromatic N) is 2. The molecule has 0 aliphatic carbocycles. The Kier molecular flexibility index (Phi) is 5.78. The van der Waals surface area contributed by atoms with E-state index >= 15 is 0 Å². The van der Waals surface area contributed by atoms with E-state index in [0.717, 1.165) is 17.9 Å². The van der Waals surface area contributed by atoms with Crippen LogP contribution in [-0.4, -0.2) is 48.6 Å². The second kappa shape index (κ2) is 8.23. The van der Waals surface area contributed by atoms with Crippen LogP contribution in [0.1, 0.15) is 27.1 Å². The molecule has 26 heavy (non-hydrogen) atoms. The molecule has 2 heterocycles. The number of carbonyl (C=O) groups excluding carboxylic acids is 2. The first-order valence-electron chi connectivity index (χ1n) is 8.26. The van der Waals surface area contributed by atoms with Crippen LogP contribution in [0, 0.1) is 0 Å². The third-order valence-electron chi connectivity index (χ3n) is 4.13. The van der Waals surface area contributed by atoms with E-state index in [1.54, 1.807) is 43.4 Å². The molecule has 0 saturated carbocycles. The van der Waals surface area contributed by atoms with E-state index in [9.17, 15) is 9.59 Å². The van der Waals surface area contributed by atoms with Gasteiger partial charge in [0.15, 0.2) is 0 Å². The Morgan fingerprint density at radius 2 is 2.04 bits per heavy atom. The minimum absolute atomic E-state index is 0.184. The first-order valence-corrected chi connectivity index (χ1v) is 9.41. The summed E-state index contributed by atoms with van der Waals surface area (Å²) in [6, 6.07) is 10.2. The molecule has 1 fully saturated rings. The predicted octanol–water partition coefficient (Wildman–Crippen LogP) is 3.03. The van der Waals surface area contributed by atoms with Crippen molar-refractivity contribution in [1.29, 1.82) is 0 Å². The lowest BCUT2D eigenvalue weighted by Gasteiger charge is -2.20. The maximum absolute atomic E-state index is 12.8. The van der Waals surface area contributed by atoms with Crippen LogP contribution in [-0.2, 0) is 4.74 Å². The molecule has 0 radical (unpaired) electrons. The number of ether oxygens (including phenoxy) is 2. The molecule has 6 nitrogen and oxygen atoms in total. The lowest BCUT2D eigenvalue weighted by atomic mass is 10.1. The summed E-state index contributed by atoms with van der Waals surface area (Å²) in [6.45, 7) is 0. The smallest absolute Gasteiger partial charge is 0.339 e. The van der Waals surface area contributed by atoms with Crippen LogP contribution in [0.25, 0.3) is 0 Å². The topological polar surface area (TPSA) is 68.7 Å². The SMILES string of the molecule is COC(=O)c1ccccc1N(C)C(=O)c1ccc(OC2CCSC2)nc1. The molecule has 0 N–H and O–H groups in total. The second-order valence-electron chi connectivity index (χ2n) is 5.86. The number of rotatable bonds is 5. The molecule has 3 rings (SSSR count). The van der Waals surface area contributed by atoms with E-state index < -0.39 is 5.97 Å². The first-order chi connectivity index (χ1) is 12.6. The number of carbonyl (C=O) groups is 2. The van der Waals surface area contributed by atoms with Crippen LogP contribution in [0.3, 0.4) is 0 Å². The van der Waals surface area contributed by atoms with Crippen LogP contribution >= 0.6 is 11.8 Å². The Hall–Kier alpha value is -2.54.